The molecular formula is C17H19ClN4O. The van der Waals surface area contributed by atoms with Gasteiger partial charge >= 0.3 is 0 Å². The molecule has 0 spiro atoms. The SMILES string of the molecule is C=CCN(Cc1ccccc1Cl)C(=O)c1cnc(NCC)nc1. The third kappa shape index (κ3) is 4.53. The monoisotopic (exact) mass is 330 g/mol. The Morgan fingerprint density at radius 1 is 1.35 bits per heavy atom. The van der Waals surface area contributed by atoms with Crippen LogP contribution in [0.4, 0.5) is 5.95 Å². The molecule has 1 N–H and O–H groups in total. The van der Waals surface area contributed by atoms with Crippen molar-refractivity contribution in [1.82, 2.24) is 14.9 Å². The Labute approximate surface area is 141 Å². The molecule has 0 unspecified atom stereocenters. The fourth-order valence-corrected chi connectivity index (χ4v) is 2.27. The molecule has 0 fully saturated rings. The third-order valence-corrected chi connectivity index (χ3v) is 3.56. The molecule has 120 valence electrons. The highest BCUT2D eigenvalue weighted by Gasteiger charge is 2.17. The second-order valence-corrected chi connectivity index (χ2v) is 5.30. The van der Waals surface area contributed by atoms with Crippen LogP contribution < -0.4 is 5.32 Å². The zero-order valence-electron chi connectivity index (χ0n) is 13.0. The number of amides is 1. The zero-order chi connectivity index (χ0) is 16.7. The Morgan fingerprint density at radius 2 is 2.04 bits per heavy atom. The van der Waals surface area contributed by atoms with Crippen molar-refractivity contribution in [2.24, 2.45) is 0 Å². The van der Waals surface area contributed by atoms with Crippen LogP contribution in [0.15, 0.2) is 49.3 Å². The summed E-state index contributed by atoms with van der Waals surface area (Å²) in [5.74, 6) is 0.346. The molecule has 2 aromatic rings. The molecule has 1 amide bonds. The van der Waals surface area contributed by atoms with Crippen molar-refractivity contribution in [2.75, 3.05) is 18.4 Å². The van der Waals surface area contributed by atoms with E-state index in [1.807, 2.05) is 31.2 Å². The van der Waals surface area contributed by atoms with Crippen molar-refractivity contribution in [3.05, 3.63) is 65.5 Å². The predicted octanol–water partition coefficient (Wildman–Crippen LogP) is 3.39. The van der Waals surface area contributed by atoms with E-state index < -0.39 is 0 Å². The molecule has 0 saturated heterocycles. The van der Waals surface area contributed by atoms with Crippen LogP contribution in [0, 0.1) is 0 Å². The zero-order valence-corrected chi connectivity index (χ0v) is 13.8. The molecule has 0 aliphatic rings. The van der Waals surface area contributed by atoms with Crippen LogP contribution in [0.1, 0.15) is 22.8 Å². The molecule has 2 rings (SSSR count). The lowest BCUT2D eigenvalue weighted by molar-refractivity contribution is 0.0762. The van der Waals surface area contributed by atoms with Crippen LogP contribution >= 0.6 is 11.6 Å². The molecule has 0 radical (unpaired) electrons. The second-order valence-electron chi connectivity index (χ2n) is 4.89. The van der Waals surface area contributed by atoms with Crippen molar-refractivity contribution < 1.29 is 4.79 Å². The highest BCUT2D eigenvalue weighted by atomic mass is 35.5. The number of hydrogen-bond donors (Lipinski definition) is 1. The van der Waals surface area contributed by atoms with Gasteiger partial charge < -0.3 is 10.2 Å². The van der Waals surface area contributed by atoms with Crippen molar-refractivity contribution >= 4 is 23.5 Å². The minimum Gasteiger partial charge on any atom is -0.355 e. The average Bonchev–Trinajstić information content (AvgIpc) is 2.57. The first-order valence-corrected chi connectivity index (χ1v) is 7.73. The smallest absolute Gasteiger partial charge is 0.257 e. The number of benzene rings is 1. The summed E-state index contributed by atoms with van der Waals surface area (Å²) < 4.78 is 0. The predicted molar refractivity (Wildman–Crippen MR) is 92.6 cm³/mol. The van der Waals surface area contributed by atoms with Gasteiger partial charge in [0.05, 0.1) is 5.56 Å². The lowest BCUT2D eigenvalue weighted by Gasteiger charge is -2.21. The number of carbonyl (C=O) groups excluding carboxylic acids is 1. The third-order valence-electron chi connectivity index (χ3n) is 3.19. The van der Waals surface area contributed by atoms with E-state index in [4.69, 9.17) is 11.6 Å². The van der Waals surface area contributed by atoms with Crippen LogP contribution in [-0.2, 0) is 6.54 Å². The van der Waals surface area contributed by atoms with Gasteiger partial charge in [0.15, 0.2) is 0 Å². The molecule has 0 bridgehead atoms. The van der Waals surface area contributed by atoms with Crippen LogP contribution in [0.2, 0.25) is 5.02 Å². The summed E-state index contributed by atoms with van der Waals surface area (Å²) in [7, 11) is 0. The van der Waals surface area contributed by atoms with Crippen LogP contribution in [0.3, 0.4) is 0 Å². The number of halogens is 1. The summed E-state index contributed by atoms with van der Waals surface area (Å²) in [6, 6.07) is 7.46. The van der Waals surface area contributed by atoms with E-state index in [-0.39, 0.29) is 5.91 Å². The average molecular weight is 331 g/mol. The van der Waals surface area contributed by atoms with E-state index in [2.05, 4.69) is 21.9 Å². The van der Waals surface area contributed by atoms with E-state index in [9.17, 15) is 4.79 Å². The molecule has 6 heteroatoms. The topological polar surface area (TPSA) is 58.1 Å². The van der Waals surface area contributed by atoms with Gasteiger partial charge in [0.1, 0.15) is 0 Å². The summed E-state index contributed by atoms with van der Waals surface area (Å²) in [6.45, 7) is 7.21. The summed E-state index contributed by atoms with van der Waals surface area (Å²) in [5, 5.41) is 3.63. The standard InChI is InChI=1S/C17H19ClN4O/c1-3-9-22(12-13-7-5-6-8-15(13)18)16(23)14-10-20-17(19-4-2)21-11-14/h3,5-8,10-11H,1,4,9,12H2,2H3,(H,19,20,21). The highest BCUT2D eigenvalue weighted by molar-refractivity contribution is 6.31. The van der Waals surface area contributed by atoms with Crippen LogP contribution in [-0.4, -0.2) is 33.9 Å². The number of nitrogens with one attached hydrogen (secondary N) is 1. The molecular weight excluding hydrogens is 312 g/mol. The number of nitrogens with zero attached hydrogens (tertiary/aromatic N) is 3. The van der Waals surface area contributed by atoms with Gasteiger partial charge in [-0.25, -0.2) is 9.97 Å². The van der Waals surface area contributed by atoms with Crippen molar-refractivity contribution in [2.45, 2.75) is 13.5 Å². The normalized spacial score (nSPS) is 10.2. The van der Waals surface area contributed by atoms with E-state index in [1.165, 1.54) is 12.4 Å². The van der Waals surface area contributed by atoms with E-state index in [0.717, 1.165) is 12.1 Å². The molecule has 0 aliphatic carbocycles. The maximum absolute atomic E-state index is 12.7. The van der Waals surface area contributed by atoms with Gasteiger partial charge in [-0.3, -0.25) is 4.79 Å². The Kier molecular flexibility index (Phi) is 6.11. The number of aromatic nitrogens is 2. The van der Waals surface area contributed by atoms with Gasteiger partial charge in [0, 0.05) is 37.1 Å². The maximum atomic E-state index is 12.7. The molecule has 5 nitrogen and oxygen atoms in total. The van der Waals surface area contributed by atoms with Gasteiger partial charge in [0.25, 0.3) is 5.91 Å². The van der Waals surface area contributed by atoms with E-state index >= 15 is 0 Å². The van der Waals surface area contributed by atoms with Crippen molar-refractivity contribution in [1.29, 1.82) is 0 Å². The van der Waals surface area contributed by atoms with Crippen LogP contribution in [0.25, 0.3) is 0 Å². The first-order valence-electron chi connectivity index (χ1n) is 7.35. The Balaban J connectivity index is 2.17. The molecule has 1 aromatic heterocycles. The van der Waals surface area contributed by atoms with Crippen molar-refractivity contribution in [3.63, 3.8) is 0 Å². The minimum absolute atomic E-state index is 0.159. The highest BCUT2D eigenvalue weighted by Crippen LogP contribution is 2.18. The quantitative estimate of drug-likeness (QED) is 0.791. The molecule has 1 aromatic carbocycles. The first-order chi connectivity index (χ1) is 11.2. The maximum Gasteiger partial charge on any atom is 0.257 e. The van der Waals surface area contributed by atoms with E-state index in [1.54, 1.807) is 11.0 Å². The Bertz CT molecular complexity index is 673. The minimum atomic E-state index is -0.159. The number of rotatable bonds is 7. The number of anilines is 1. The summed E-state index contributed by atoms with van der Waals surface area (Å²) >= 11 is 6.18. The van der Waals surface area contributed by atoms with Gasteiger partial charge in [-0.2, -0.15) is 0 Å². The Morgan fingerprint density at radius 3 is 2.65 bits per heavy atom. The summed E-state index contributed by atoms with van der Waals surface area (Å²) in [6.07, 6.45) is 4.73. The molecule has 1 heterocycles. The van der Waals surface area contributed by atoms with Gasteiger partial charge in [-0.15, -0.1) is 6.58 Å². The Hall–Kier alpha value is -2.40. The fourth-order valence-electron chi connectivity index (χ4n) is 2.08. The lowest BCUT2D eigenvalue weighted by Crippen LogP contribution is -2.31. The molecule has 0 aliphatic heterocycles. The van der Waals surface area contributed by atoms with E-state index in [0.29, 0.717) is 29.6 Å². The lowest BCUT2D eigenvalue weighted by atomic mass is 10.2. The van der Waals surface area contributed by atoms with Gasteiger partial charge in [0.2, 0.25) is 5.95 Å². The molecule has 0 atom stereocenters. The molecule has 0 saturated carbocycles. The summed E-state index contributed by atoms with van der Waals surface area (Å²) in [4.78, 5) is 22.6. The van der Waals surface area contributed by atoms with Gasteiger partial charge in [-0.1, -0.05) is 35.9 Å². The second kappa shape index (κ2) is 8.29. The fraction of sp³-hybridized carbons (Fsp3) is 0.235. The first kappa shape index (κ1) is 17.0. The number of hydrogen-bond acceptors (Lipinski definition) is 4. The van der Waals surface area contributed by atoms with Gasteiger partial charge in [-0.05, 0) is 18.6 Å². The largest absolute Gasteiger partial charge is 0.355 e. The summed E-state index contributed by atoms with van der Waals surface area (Å²) in [5.41, 5.74) is 1.31. The molecule has 23 heavy (non-hydrogen) atoms. The van der Waals surface area contributed by atoms with Crippen molar-refractivity contribution in [3.8, 4) is 0 Å². The number of carbonyl (C=O) groups is 1. The van der Waals surface area contributed by atoms with Crippen LogP contribution in [0.5, 0.6) is 0 Å².